The highest BCUT2D eigenvalue weighted by Gasteiger charge is 1.80. The van der Waals surface area contributed by atoms with Crippen molar-refractivity contribution < 1.29 is 4.79 Å². The van der Waals surface area contributed by atoms with Crippen LogP contribution in [0, 0.1) is 0 Å². The smallest absolute Gasteiger partial charge is 0.120 e. The summed E-state index contributed by atoms with van der Waals surface area (Å²) in [6.07, 6.45) is 15.8. The van der Waals surface area contributed by atoms with Crippen LogP contribution < -0.4 is 0 Å². The summed E-state index contributed by atoms with van der Waals surface area (Å²) in [5.41, 5.74) is 0. The van der Waals surface area contributed by atoms with Gasteiger partial charge < -0.3 is 4.79 Å². The van der Waals surface area contributed by atoms with Crippen LogP contribution in [-0.2, 0) is 4.79 Å². The maximum Gasteiger partial charge on any atom is 0.120 e. The first-order chi connectivity index (χ1) is 6.41. The Morgan fingerprint density at radius 1 is 0.923 bits per heavy atom. The van der Waals surface area contributed by atoms with Crippen molar-refractivity contribution in [1.29, 1.82) is 0 Å². The van der Waals surface area contributed by atoms with E-state index < -0.39 is 0 Å². The summed E-state index contributed by atoms with van der Waals surface area (Å²) < 4.78 is 0. The van der Waals surface area contributed by atoms with E-state index in [1.165, 1.54) is 19.3 Å². The first kappa shape index (κ1) is 12.2. The van der Waals surface area contributed by atoms with E-state index in [-0.39, 0.29) is 0 Å². The number of hydrogen-bond acceptors (Lipinski definition) is 1. The monoisotopic (exact) mass is 180 g/mol. The van der Waals surface area contributed by atoms with Gasteiger partial charge in [-0.1, -0.05) is 44.1 Å². The van der Waals surface area contributed by atoms with E-state index in [4.69, 9.17) is 0 Å². The van der Waals surface area contributed by atoms with Gasteiger partial charge in [0.2, 0.25) is 0 Å². The van der Waals surface area contributed by atoms with E-state index >= 15 is 0 Å². The van der Waals surface area contributed by atoms with E-state index in [0.29, 0.717) is 6.42 Å². The summed E-state index contributed by atoms with van der Waals surface area (Å²) in [6.45, 7) is 2.20. The highest BCUT2D eigenvalue weighted by Crippen LogP contribution is 1.97. The van der Waals surface area contributed by atoms with E-state index in [1.807, 2.05) is 0 Å². The third kappa shape index (κ3) is 11.1. The first-order valence-electron chi connectivity index (χ1n) is 5.17. The Labute approximate surface area is 81.5 Å². The Morgan fingerprint density at radius 2 is 1.54 bits per heavy atom. The molecule has 0 aromatic heterocycles. The topological polar surface area (TPSA) is 17.1 Å². The van der Waals surface area contributed by atoms with E-state index in [9.17, 15) is 4.79 Å². The van der Waals surface area contributed by atoms with Crippen LogP contribution in [0.3, 0.4) is 0 Å². The largest absolute Gasteiger partial charge is 0.303 e. The molecule has 13 heavy (non-hydrogen) atoms. The summed E-state index contributed by atoms with van der Waals surface area (Å²) in [5.74, 6) is 0. The predicted molar refractivity (Wildman–Crippen MR) is 57.7 cm³/mol. The summed E-state index contributed by atoms with van der Waals surface area (Å²) in [4.78, 5) is 9.97. The summed E-state index contributed by atoms with van der Waals surface area (Å²) in [5, 5.41) is 0. The van der Waals surface area contributed by atoms with E-state index in [2.05, 4.69) is 31.2 Å². The molecule has 0 aliphatic carbocycles. The van der Waals surface area contributed by atoms with Gasteiger partial charge in [-0.25, -0.2) is 0 Å². The molecule has 0 bridgehead atoms. The molecular weight excluding hydrogens is 160 g/mol. The van der Waals surface area contributed by atoms with Crippen LogP contribution in [0.25, 0.3) is 0 Å². The minimum atomic E-state index is 0.684. The van der Waals surface area contributed by atoms with Gasteiger partial charge in [0.15, 0.2) is 0 Å². The van der Waals surface area contributed by atoms with Gasteiger partial charge in [0.25, 0.3) is 0 Å². The zero-order valence-corrected chi connectivity index (χ0v) is 8.54. The molecule has 0 amide bonds. The predicted octanol–water partition coefficient (Wildman–Crippen LogP) is 3.66. The molecule has 1 heteroatoms. The van der Waals surface area contributed by atoms with Gasteiger partial charge in [0.1, 0.15) is 6.29 Å². The molecule has 74 valence electrons. The fraction of sp³-hybridized carbons (Fsp3) is 0.583. The maximum absolute atomic E-state index is 9.97. The number of carbonyl (C=O) groups is 1. The van der Waals surface area contributed by atoms with Gasteiger partial charge in [-0.15, -0.1) is 0 Å². The summed E-state index contributed by atoms with van der Waals surface area (Å²) in [6, 6.07) is 0. The zero-order valence-electron chi connectivity index (χ0n) is 8.54. The van der Waals surface area contributed by atoms with Crippen molar-refractivity contribution in [3.8, 4) is 0 Å². The maximum atomic E-state index is 9.97. The standard InChI is InChI=1S/C12H20O/c1-2-3-4-5-6-7-8-9-10-11-12-13/h5-8,12H,2-4,9-11H2,1H3. The molecule has 0 N–H and O–H groups in total. The summed E-state index contributed by atoms with van der Waals surface area (Å²) >= 11 is 0. The molecular formula is C12H20O. The lowest BCUT2D eigenvalue weighted by atomic mass is 10.2. The molecule has 0 aromatic rings. The first-order valence-corrected chi connectivity index (χ1v) is 5.17. The fourth-order valence-electron chi connectivity index (χ4n) is 0.991. The molecule has 0 aliphatic rings. The molecule has 0 fully saturated rings. The molecule has 0 unspecified atom stereocenters. The van der Waals surface area contributed by atoms with Crippen LogP contribution in [0.15, 0.2) is 24.3 Å². The second-order valence-corrected chi connectivity index (χ2v) is 3.10. The number of hydrogen-bond donors (Lipinski definition) is 0. The molecule has 0 aromatic carbocycles. The van der Waals surface area contributed by atoms with E-state index in [0.717, 1.165) is 19.1 Å². The number of rotatable bonds is 8. The molecule has 0 atom stereocenters. The average molecular weight is 180 g/mol. The zero-order chi connectivity index (χ0) is 9.78. The van der Waals surface area contributed by atoms with Crippen molar-refractivity contribution in [1.82, 2.24) is 0 Å². The van der Waals surface area contributed by atoms with Crippen LogP contribution in [0.2, 0.25) is 0 Å². The molecule has 0 saturated heterocycles. The Hall–Kier alpha value is -0.850. The van der Waals surface area contributed by atoms with Crippen LogP contribution in [0.1, 0.15) is 45.4 Å². The lowest BCUT2D eigenvalue weighted by Gasteiger charge is -1.87. The Balaban J connectivity index is 3.19. The highest BCUT2D eigenvalue weighted by atomic mass is 16.1. The minimum Gasteiger partial charge on any atom is -0.303 e. The van der Waals surface area contributed by atoms with Crippen molar-refractivity contribution in [3.63, 3.8) is 0 Å². The number of aldehydes is 1. The van der Waals surface area contributed by atoms with Gasteiger partial charge in [0, 0.05) is 6.42 Å². The van der Waals surface area contributed by atoms with Gasteiger partial charge in [0.05, 0.1) is 0 Å². The molecule has 0 aliphatic heterocycles. The molecule has 0 heterocycles. The molecule has 0 rings (SSSR count). The third-order valence-corrected chi connectivity index (χ3v) is 1.80. The lowest BCUT2D eigenvalue weighted by Crippen LogP contribution is -1.72. The fourth-order valence-corrected chi connectivity index (χ4v) is 0.991. The normalized spacial score (nSPS) is 11.5. The number of carbonyl (C=O) groups excluding carboxylic acids is 1. The van der Waals surface area contributed by atoms with Crippen molar-refractivity contribution in [3.05, 3.63) is 24.3 Å². The number of allylic oxidation sites excluding steroid dienone is 4. The van der Waals surface area contributed by atoms with Crippen molar-refractivity contribution in [2.24, 2.45) is 0 Å². The second-order valence-electron chi connectivity index (χ2n) is 3.10. The van der Waals surface area contributed by atoms with Crippen LogP contribution in [0.4, 0.5) is 0 Å². The summed E-state index contributed by atoms with van der Waals surface area (Å²) in [7, 11) is 0. The van der Waals surface area contributed by atoms with Gasteiger partial charge in [-0.2, -0.15) is 0 Å². The number of unbranched alkanes of at least 4 members (excludes halogenated alkanes) is 4. The quantitative estimate of drug-likeness (QED) is 0.316. The Kier molecular flexibility index (Phi) is 10.4. The van der Waals surface area contributed by atoms with Crippen molar-refractivity contribution in [2.75, 3.05) is 0 Å². The Morgan fingerprint density at radius 3 is 2.08 bits per heavy atom. The second kappa shape index (κ2) is 11.2. The lowest BCUT2D eigenvalue weighted by molar-refractivity contribution is -0.107. The molecule has 0 radical (unpaired) electrons. The van der Waals surface area contributed by atoms with Crippen molar-refractivity contribution >= 4 is 6.29 Å². The van der Waals surface area contributed by atoms with Crippen LogP contribution >= 0.6 is 0 Å². The van der Waals surface area contributed by atoms with Gasteiger partial charge in [-0.3, -0.25) is 0 Å². The van der Waals surface area contributed by atoms with Crippen LogP contribution in [-0.4, -0.2) is 6.29 Å². The molecule has 0 spiro atoms. The average Bonchev–Trinajstić information content (AvgIpc) is 2.16. The molecule has 0 saturated carbocycles. The SMILES string of the molecule is CCCCC=CC=CCCCC=O. The molecule has 1 nitrogen and oxygen atoms in total. The minimum absolute atomic E-state index is 0.684. The van der Waals surface area contributed by atoms with Crippen molar-refractivity contribution in [2.45, 2.75) is 45.4 Å². The third-order valence-electron chi connectivity index (χ3n) is 1.80. The Bertz CT molecular complexity index is 157. The van der Waals surface area contributed by atoms with Crippen LogP contribution in [0.5, 0.6) is 0 Å². The highest BCUT2D eigenvalue weighted by molar-refractivity contribution is 5.49. The van der Waals surface area contributed by atoms with E-state index in [1.54, 1.807) is 0 Å². The van der Waals surface area contributed by atoms with Gasteiger partial charge in [-0.05, 0) is 19.3 Å². The van der Waals surface area contributed by atoms with Gasteiger partial charge >= 0.3 is 0 Å².